The topological polar surface area (TPSA) is 77.3 Å². The summed E-state index contributed by atoms with van der Waals surface area (Å²) < 4.78 is 27.6. The first-order valence-electron chi connectivity index (χ1n) is 10.4. The monoisotopic (exact) mass is 460 g/mol. The van der Waals surface area contributed by atoms with E-state index in [1.807, 2.05) is 24.7 Å². The van der Waals surface area contributed by atoms with Crippen LogP contribution < -0.4 is 10.1 Å². The quantitative estimate of drug-likeness (QED) is 0.563. The first-order chi connectivity index (χ1) is 15.4. The van der Waals surface area contributed by atoms with Crippen LogP contribution in [0.5, 0.6) is 5.75 Å². The standard InChI is InChI=1S/C22H26ClFN6O2/c1-14(2)30-13-16(10-26-30)21-17(23)11-25-22(28-21)27-19-9-18(24)15(8-20(19)31-3)12-29-4-6-32-7-5-29/h8-11,13-14H,4-7,12H2,1-3H3,(H,25,27,28). The van der Waals surface area contributed by atoms with Gasteiger partial charge in [0.15, 0.2) is 0 Å². The molecule has 3 heterocycles. The molecule has 8 nitrogen and oxygen atoms in total. The summed E-state index contributed by atoms with van der Waals surface area (Å²) in [7, 11) is 1.55. The van der Waals surface area contributed by atoms with Gasteiger partial charge in [-0.1, -0.05) is 11.6 Å². The van der Waals surface area contributed by atoms with Crippen molar-refractivity contribution >= 4 is 23.2 Å². The molecular weight excluding hydrogens is 435 g/mol. The van der Waals surface area contributed by atoms with E-state index in [9.17, 15) is 4.39 Å². The van der Waals surface area contributed by atoms with Crippen LogP contribution in [0.1, 0.15) is 25.5 Å². The summed E-state index contributed by atoms with van der Waals surface area (Å²) in [4.78, 5) is 10.9. The molecule has 0 amide bonds. The van der Waals surface area contributed by atoms with Crippen LogP contribution in [0.4, 0.5) is 16.0 Å². The molecule has 10 heteroatoms. The number of hydrogen-bond donors (Lipinski definition) is 1. The lowest BCUT2D eigenvalue weighted by Gasteiger charge is -2.27. The molecule has 1 saturated heterocycles. The van der Waals surface area contributed by atoms with Gasteiger partial charge in [-0.05, 0) is 19.9 Å². The van der Waals surface area contributed by atoms with Gasteiger partial charge in [0.05, 0.1) is 49.1 Å². The minimum atomic E-state index is -0.327. The van der Waals surface area contributed by atoms with Crippen molar-refractivity contribution in [3.63, 3.8) is 0 Å². The molecule has 1 N–H and O–H groups in total. The van der Waals surface area contributed by atoms with E-state index in [1.54, 1.807) is 19.4 Å². The van der Waals surface area contributed by atoms with E-state index < -0.39 is 0 Å². The van der Waals surface area contributed by atoms with Crippen molar-refractivity contribution in [3.8, 4) is 17.0 Å². The zero-order valence-electron chi connectivity index (χ0n) is 18.3. The van der Waals surface area contributed by atoms with Crippen LogP contribution in [0, 0.1) is 5.82 Å². The summed E-state index contributed by atoms with van der Waals surface area (Å²) >= 11 is 6.33. The molecule has 1 fully saturated rings. The maximum absolute atomic E-state index is 14.9. The second-order valence-electron chi connectivity index (χ2n) is 7.85. The number of nitrogens with zero attached hydrogens (tertiary/aromatic N) is 5. The van der Waals surface area contributed by atoms with Gasteiger partial charge in [0.2, 0.25) is 5.95 Å². The minimum Gasteiger partial charge on any atom is -0.495 e. The van der Waals surface area contributed by atoms with E-state index in [1.165, 1.54) is 12.3 Å². The number of ether oxygens (including phenoxy) is 2. The molecule has 170 valence electrons. The molecule has 0 saturated carbocycles. The SMILES string of the molecule is COc1cc(CN2CCOCC2)c(F)cc1Nc1ncc(Cl)c(-c2cnn(C(C)C)c2)n1. The van der Waals surface area contributed by atoms with Crippen molar-refractivity contribution in [3.05, 3.63) is 47.1 Å². The summed E-state index contributed by atoms with van der Waals surface area (Å²) in [6.07, 6.45) is 5.09. The predicted molar refractivity (Wildman–Crippen MR) is 121 cm³/mol. The van der Waals surface area contributed by atoms with Crippen LogP contribution in [0.2, 0.25) is 5.02 Å². The summed E-state index contributed by atoms with van der Waals surface area (Å²) in [5.74, 6) is 0.454. The molecule has 32 heavy (non-hydrogen) atoms. The number of methoxy groups -OCH3 is 1. The molecule has 0 atom stereocenters. The molecule has 1 aromatic carbocycles. The van der Waals surface area contributed by atoms with Crippen molar-refractivity contribution < 1.29 is 13.9 Å². The molecule has 1 aliphatic rings. The van der Waals surface area contributed by atoms with E-state index in [4.69, 9.17) is 21.1 Å². The van der Waals surface area contributed by atoms with E-state index in [0.717, 1.165) is 18.7 Å². The Morgan fingerprint density at radius 1 is 1.25 bits per heavy atom. The molecule has 0 bridgehead atoms. The fourth-order valence-corrected chi connectivity index (χ4v) is 3.68. The van der Waals surface area contributed by atoms with E-state index in [0.29, 0.717) is 47.5 Å². The van der Waals surface area contributed by atoms with Gasteiger partial charge in [-0.15, -0.1) is 0 Å². The van der Waals surface area contributed by atoms with Crippen molar-refractivity contribution in [1.82, 2.24) is 24.6 Å². The normalized spacial score (nSPS) is 14.7. The van der Waals surface area contributed by atoms with Crippen LogP contribution in [-0.4, -0.2) is 58.1 Å². The van der Waals surface area contributed by atoms with E-state index in [2.05, 4.69) is 25.3 Å². The third-order valence-electron chi connectivity index (χ3n) is 5.26. The first kappa shape index (κ1) is 22.4. The number of nitrogens with one attached hydrogen (secondary N) is 1. The molecule has 0 unspecified atom stereocenters. The predicted octanol–water partition coefficient (Wildman–Crippen LogP) is 4.30. The van der Waals surface area contributed by atoms with E-state index >= 15 is 0 Å². The second-order valence-corrected chi connectivity index (χ2v) is 8.26. The number of hydrogen-bond acceptors (Lipinski definition) is 7. The number of anilines is 2. The maximum atomic E-state index is 14.9. The lowest BCUT2D eigenvalue weighted by molar-refractivity contribution is 0.0337. The highest BCUT2D eigenvalue weighted by atomic mass is 35.5. The van der Waals surface area contributed by atoms with Gasteiger partial charge >= 0.3 is 0 Å². The van der Waals surface area contributed by atoms with E-state index in [-0.39, 0.29) is 17.8 Å². The van der Waals surface area contributed by atoms with Gasteiger partial charge < -0.3 is 14.8 Å². The Bertz CT molecular complexity index is 1080. The molecule has 0 radical (unpaired) electrons. The summed E-state index contributed by atoms with van der Waals surface area (Å²) in [6.45, 7) is 7.43. The minimum absolute atomic E-state index is 0.213. The molecule has 0 aliphatic carbocycles. The van der Waals surface area contributed by atoms with Crippen LogP contribution in [0.15, 0.2) is 30.7 Å². The van der Waals surface area contributed by atoms with Crippen LogP contribution in [0.3, 0.4) is 0 Å². The molecule has 1 aliphatic heterocycles. The molecule has 3 aromatic rings. The van der Waals surface area contributed by atoms with Crippen molar-refractivity contribution in [2.45, 2.75) is 26.4 Å². The van der Waals surface area contributed by atoms with Crippen LogP contribution in [-0.2, 0) is 11.3 Å². The summed E-state index contributed by atoms with van der Waals surface area (Å²) in [5.41, 5.74) is 2.31. The number of halogens is 2. The van der Waals surface area contributed by atoms with Gasteiger partial charge in [-0.25, -0.2) is 14.4 Å². The number of aromatic nitrogens is 4. The summed E-state index contributed by atoms with van der Waals surface area (Å²) in [5, 5.41) is 7.80. The lowest BCUT2D eigenvalue weighted by atomic mass is 10.1. The maximum Gasteiger partial charge on any atom is 0.227 e. The zero-order valence-corrected chi connectivity index (χ0v) is 19.1. The van der Waals surface area contributed by atoms with Crippen molar-refractivity contribution in [1.29, 1.82) is 0 Å². The highest BCUT2D eigenvalue weighted by Crippen LogP contribution is 2.32. The lowest BCUT2D eigenvalue weighted by Crippen LogP contribution is -2.35. The van der Waals surface area contributed by atoms with Crippen molar-refractivity contribution in [2.75, 3.05) is 38.7 Å². The van der Waals surface area contributed by atoms with Gasteiger partial charge in [0, 0.05) is 49.1 Å². The van der Waals surface area contributed by atoms with Gasteiger partial charge in [0.25, 0.3) is 0 Å². The first-order valence-corrected chi connectivity index (χ1v) is 10.8. The fraction of sp³-hybridized carbons (Fsp3) is 0.409. The largest absolute Gasteiger partial charge is 0.495 e. The highest BCUT2D eigenvalue weighted by Gasteiger charge is 2.18. The third kappa shape index (κ3) is 5.01. The molecule has 0 spiro atoms. The Hall–Kier alpha value is -2.75. The smallest absolute Gasteiger partial charge is 0.227 e. The Labute approximate surface area is 191 Å². The molecule has 2 aromatic heterocycles. The van der Waals surface area contributed by atoms with Gasteiger partial charge in [-0.2, -0.15) is 5.10 Å². The van der Waals surface area contributed by atoms with Crippen LogP contribution >= 0.6 is 11.6 Å². The van der Waals surface area contributed by atoms with Gasteiger partial charge in [-0.3, -0.25) is 9.58 Å². The Morgan fingerprint density at radius 2 is 2.03 bits per heavy atom. The number of benzene rings is 1. The molecular formula is C22H26ClFN6O2. The average Bonchev–Trinajstić information content (AvgIpc) is 3.28. The Balaban J connectivity index is 1.58. The second kappa shape index (κ2) is 9.81. The van der Waals surface area contributed by atoms with Crippen molar-refractivity contribution in [2.24, 2.45) is 0 Å². The number of morpholine rings is 1. The number of rotatable bonds is 7. The average molecular weight is 461 g/mol. The molecule has 4 rings (SSSR count). The summed E-state index contributed by atoms with van der Waals surface area (Å²) in [6, 6.07) is 3.32. The third-order valence-corrected chi connectivity index (χ3v) is 5.54. The van der Waals surface area contributed by atoms with Crippen LogP contribution in [0.25, 0.3) is 11.3 Å². The fourth-order valence-electron chi connectivity index (χ4n) is 3.48. The Morgan fingerprint density at radius 3 is 2.72 bits per heavy atom. The van der Waals surface area contributed by atoms with Gasteiger partial charge in [0.1, 0.15) is 11.6 Å². The highest BCUT2D eigenvalue weighted by molar-refractivity contribution is 6.32. The Kier molecular flexibility index (Phi) is 6.88. The zero-order chi connectivity index (χ0) is 22.7.